The van der Waals surface area contributed by atoms with E-state index in [1.807, 2.05) is 0 Å². The Labute approximate surface area is 113 Å². The van der Waals surface area contributed by atoms with Crippen LogP contribution in [0.15, 0.2) is 42.9 Å². The highest BCUT2D eigenvalue weighted by Gasteiger charge is 2.21. The summed E-state index contributed by atoms with van der Waals surface area (Å²) >= 11 is 6.11. The molecule has 2 aromatic heterocycles. The molecular weight excluding hydrogens is 266 g/mol. The summed E-state index contributed by atoms with van der Waals surface area (Å²) in [6, 6.07) is 8.65. The van der Waals surface area contributed by atoms with Crippen molar-refractivity contribution in [3.05, 3.63) is 53.6 Å². The Morgan fingerprint density at radius 1 is 1.26 bits per heavy atom. The van der Waals surface area contributed by atoms with Crippen molar-refractivity contribution >= 4 is 23.2 Å². The predicted molar refractivity (Wildman–Crippen MR) is 70.4 cm³/mol. The van der Waals surface area contributed by atoms with Crippen molar-refractivity contribution in [1.82, 2.24) is 14.4 Å². The molecule has 0 amide bonds. The molecule has 1 aromatic carbocycles. The number of benzene rings is 1. The molecule has 0 aliphatic rings. The van der Waals surface area contributed by atoms with E-state index < -0.39 is 5.97 Å². The van der Waals surface area contributed by atoms with Gasteiger partial charge in [-0.1, -0.05) is 29.8 Å². The Hall–Kier alpha value is -2.40. The number of imidazole rings is 1. The van der Waals surface area contributed by atoms with E-state index in [1.165, 1.54) is 10.7 Å². The highest BCUT2D eigenvalue weighted by Crippen LogP contribution is 2.30. The maximum Gasteiger partial charge on any atom is 0.355 e. The van der Waals surface area contributed by atoms with Gasteiger partial charge in [-0.05, 0) is 12.1 Å². The molecule has 0 saturated heterocycles. The van der Waals surface area contributed by atoms with Crippen LogP contribution in [0.25, 0.3) is 16.9 Å². The highest BCUT2D eigenvalue weighted by molar-refractivity contribution is 6.33. The fourth-order valence-corrected chi connectivity index (χ4v) is 2.17. The van der Waals surface area contributed by atoms with Crippen LogP contribution >= 0.6 is 11.6 Å². The van der Waals surface area contributed by atoms with Gasteiger partial charge in [-0.2, -0.15) is 0 Å². The zero-order chi connectivity index (χ0) is 13.4. The quantitative estimate of drug-likeness (QED) is 0.779. The fraction of sp³-hybridized carbons (Fsp3) is 0. The van der Waals surface area contributed by atoms with Gasteiger partial charge in [0, 0.05) is 11.8 Å². The standard InChI is InChI=1S/C13H8ClN3O2/c14-9-4-2-1-3-8(9)11-12(13(18)19)17-7-15-6-5-10(17)16-11/h1-7H,(H,18,19). The number of carboxylic acid groups (broad SMARTS) is 1. The van der Waals surface area contributed by atoms with Crippen molar-refractivity contribution in [2.45, 2.75) is 0 Å². The third-order valence-electron chi connectivity index (χ3n) is 2.76. The molecule has 19 heavy (non-hydrogen) atoms. The van der Waals surface area contributed by atoms with E-state index in [1.54, 1.807) is 36.5 Å². The number of carboxylic acids is 1. The summed E-state index contributed by atoms with van der Waals surface area (Å²) in [6.45, 7) is 0. The molecule has 3 rings (SSSR count). The van der Waals surface area contributed by atoms with Crippen LogP contribution < -0.4 is 0 Å². The van der Waals surface area contributed by atoms with Crippen LogP contribution in [-0.4, -0.2) is 25.4 Å². The van der Waals surface area contributed by atoms with Crippen LogP contribution in [0, 0.1) is 0 Å². The van der Waals surface area contributed by atoms with Crippen LogP contribution in [-0.2, 0) is 0 Å². The number of carbonyl (C=O) groups is 1. The van der Waals surface area contributed by atoms with E-state index in [9.17, 15) is 9.90 Å². The van der Waals surface area contributed by atoms with E-state index in [2.05, 4.69) is 9.97 Å². The summed E-state index contributed by atoms with van der Waals surface area (Å²) in [5.74, 6) is -1.07. The number of hydrogen-bond donors (Lipinski definition) is 1. The molecule has 3 aromatic rings. The number of aromatic nitrogens is 3. The molecule has 2 heterocycles. The second kappa shape index (κ2) is 4.37. The fourth-order valence-electron chi connectivity index (χ4n) is 1.94. The van der Waals surface area contributed by atoms with Crippen LogP contribution in [0.2, 0.25) is 5.02 Å². The van der Waals surface area contributed by atoms with E-state index >= 15 is 0 Å². The number of hydrogen-bond acceptors (Lipinski definition) is 3. The Morgan fingerprint density at radius 2 is 2.05 bits per heavy atom. The Balaban J connectivity index is 2.38. The molecule has 0 atom stereocenters. The Kier molecular flexibility index (Phi) is 2.68. The minimum Gasteiger partial charge on any atom is -0.476 e. The molecular formula is C13H8ClN3O2. The van der Waals surface area contributed by atoms with E-state index in [0.29, 0.717) is 21.9 Å². The first kappa shape index (κ1) is 11.7. The van der Waals surface area contributed by atoms with Gasteiger partial charge >= 0.3 is 5.97 Å². The molecule has 0 fully saturated rings. The molecule has 0 radical (unpaired) electrons. The zero-order valence-corrected chi connectivity index (χ0v) is 10.4. The van der Waals surface area contributed by atoms with Gasteiger partial charge in [0.05, 0.1) is 5.02 Å². The molecule has 0 aliphatic carbocycles. The summed E-state index contributed by atoms with van der Waals surface area (Å²) < 4.78 is 1.43. The Morgan fingerprint density at radius 3 is 2.79 bits per heavy atom. The first-order chi connectivity index (χ1) is 9.18. The highest BCUT2D eigenvalue weighted by atomic mass is 35.5. The van der Waals surface area contributed by atoms with Gasteiger partial charge in [-0.25, -0.2) is 14.8 Å². The number of halogens is 1. The largest absolute Gasteiger partial charge is 0.476 e. The van der Waals surface area contributed by atoms with Crippen LogP contribution in [0.5, 0.6) is 0 Å². The lowest BCUT2D eigenvalue weighted by Gasteiger charge is -2.02. The lowest BCUT2D eigenvalue weighted by Crippen LogP contribution is -2.03. The van der Waals surface area contributed by atoms with Crippen LogP contribution in [0.4, 0.5) is 0 Å². The van der Waals surface area contributed by atoms with Crippen molar-refractivity contribution in [2.75, 3.05) is 0 Å². The molecule has 6 heteroatoms. The molecule has 5 nitrogen and oxygen atoms in total. The lowest BCUT2D eigenvalue weighted by atomic mass is 10.1. The van der Waals surface area contributed by atoms with Gasteiger partial charge in [0.15, 0.2) is 5.69 Å². The molecule has 0 saturated carbocycles. The maximum atomic E-state index is 11.4. The summed E-state index contributed by atoms with van der Waals surface area (Å²) in [5, 5.41) is 9.83. The molecule has 0 bridgehead atoms. The first-order valence-electron chi connectivity index (χ1n) is 5.49. The lowest BCUT2D eigenvalue weighted by molar-refractivity contribution is 0.0690. The summed E-state index contributed by atoms with van der Waals surface area (Å²) in [5.41, 5.74) is 1.50. The third kappa shape index (κ3) is 1.84. The van der Waals surface area contributed by atoms with Gasteiger partial charge in [-0.3, -0.25) is 4.40 Å². The van der Waals surface area contributed by atoms with E-state index in [0.717, 1.165) is 0 Å². The number of rotatable bonds is 2. The second-order valence-corrected chi connectivity index (χ2v) is 4.31. The van der Waals surface area contributed by atoms with E-state index in [4.69, 9.17) is 11.6 Å². The van der Waals surface area contributed by atoms with Gasteiger partial charge in [0.1, 0.15) is 17.7 Å². The molecule has 0 aliphatic heterocycles. The third-order valence-corrected chi connectivity index (χ3v) is 3.09. The first-order valence-corrected chi connectivity index (χ1v) is 5.86. The topological polar surface area (TPSA) is 67.5 Å². The SMILES string of the molecule is O=C(O)c1c(-c2ccccc2Cl)nc2ccncn12. The monoisotopic (exact) mass is 273 g/mol. The summed E-state index contributed by atoms with van der Waals surface area (Å²) in [4.78, 5) is 19.7. The average molecular weight is 274 g/mol. The average Bonchev–Trinajstić information content (AvgIpc) is 2.78. The molecule has 94 valence electrons. The number of fused-ring (bicyclic) bond motifs is 1. The van der Waals surface area contributed by atoms with E-state index in [-0.39, 0.29) is 5.69 Å². The van der Waals surface area contributed by atoms with Crippen molar-refractivity contribution < 1.29 is 9.90 Å². The minimum atomic E-state index is -1.07. The molecule has 0 unspecified atom stereocenters. The summed E-state index contributed by atoms with van der Waals surface area (Å²) in [6.07, 6.45) is 2.98. The normalized spacial score (nSPS) is 10.8. The number of nitrogens with zero attached hydrogens (tertiary/aromatic N) is 3. The maximum absolute atomic E-state index is 11.4. The zero-order valence-electron chi connectivity index (χ0n) is 9.62. The predicted octanol–water partition coefficient (Wildman–Crippen LogP) is 2.75. The van der Waals surface area contributed by atoms with Crippen molar-refractivity contribution in [3.8, 4) is 11.3 Å². The van der Waals surface area contributed by atoms with Gasteiger partial charge < -0.3 is 5.11 Å². The number of aromatic carboxylic acids is 1. The smallest absolute Gasteiger partial charge is 0.355 e. The van der Waals surface area contributed by atoms with Crippen molar-refractivity contribution in [1.29, 1.82) is 0 Å². The van der Waals surface area contributed by atoms with Crippen molar-refractivity contribution in [3.63, 3.8) is 0 Å². The van der Waals surface area contributed by atoms with Gasteiger partial charge in [-0.15, -0.1) is 0 Å². The minimum absolute atomic E-state index is 0.0520. The van der Waals surface area contributed by atoms with Crippen molar-refractivity contribution in [2.24, 2.45) is 0 Å². The van der Waals surface area contributed by atoms with Crippen LogP contribution in [0.3, 0.4) is 0 Å². The molecule has 1 N–H and O–H groups in total. The Bertz CT molecular complexity index is 782. The van der Waals surface area contributed by atoms with Gasteiger partial charge in [0.2, 0.25) is 0 Å². The molecule has 0 spiro atoms. The van der Waals surface area contributed by atoms with Gasteiger partial charge in [0.25, 0.3) is 0 Å². The summed E-state index contributed by atoms with van der Waals surface area (Å²) in [7, 11) is 0. The van der Waals surface area contributed by atoms with Crippen LogP contribution in [0.1, 0.15) is 10.5 Å². The second-order valence-electron chi connectivity index (χ2n) is 3.90.